The SMILES string of the molecule is CCCNCc1ccc2c(c1)CCCC(=O)N2. The Labute approximate surface area is 103 Å². The van der Waals surface area contributed by atoms with E-state index in [1.807, 2.05) is 6.07 Å². The minimum Gasteiger partial charge on any atom is -0.326 e. The maximum Gasteiger partial charge on any atom is 0.224 e. The summed E-state index contributed by atoms with van der Waals surface area (Å²) in [4.78, 5) is 11.4. The standard InChI is InChI=1S/C14H20N2O/c1-2-8-15-10-11-6-7-13-12(9-11)4-3-5-14(17)16-13/h6-7,9,15H,2-5,8,10H2,1H3,(H,16,17). The van der Waals surface area contributed by atoms with Gasteiger partial charge < -0.3 is 10.6 Å². The van der Waals surface area contributed by atoms with Gasteiger partial charge in [-0.2, -0.15) is 0 Å². The van der Waals surface area contributed by atoms with Crippen molar-refractivity contribution in [3.8, 4) is 0 Å². The topological polar surface area (TPSA) is 41.1 Å². The highest BCUT2D eigenvalue weighted by atomic mass is 16.1. The number of carbonyl (C=O) groups is 1. The van der Waals surface area contributed by atoms with Crippen molar-refractivity contribution in [2.24, 2.45) is 0 Å². The van der Waals surface area contributed by atoms with Gasteiger partial charge in [0.05, 0.1) is 0 Å². The molecule has 1 aromatic rings. The third-order valence-electron chi connectivity index (χ3n) is 3.05. The summed E-state index contributed by atoms with van der Waals surface area (Å²) in [5.74, 6) is 0.139. The second-order valence-corrected chi connectivity index (χ2v) is 4.57. The highest BCUT2D eigenvalue weighted by Crippen LogP contribution is 2.23. The first kappa shape index (κ1) is 12.1. The van der Waals surface area contributed by atoms with Crippen LogP contribution in [0, 0.1) is 0 Å². The number of hydrogen-bond donors (Lipinski definition) is 2. The molecule has 92 valence electrons. The molecule has 2 rings (SSSR count). The Morgan fingerprint density at radius 2 is 2.24 bits per heavy atom. The average Bonchev–Trinajstić information content (AvgIpc) is 2.50. The zero-order chi connectivity index (χ0) is 12.1. The molecule has 0 saturated heterocycles. The molecule has 1 amide bonds. The van der Waals surface area contributed by atoms with Crippen molar-refractivity contribution in [1.82, 2.24) is 5.32 Å². The summed E-state index contributed by atoms with van der Waals surface area (Å²) in [5, 5.41) is 6.35. The third kappa shape index (κ3) is 3.30. The monoisotopic (exact) mass is 232 g/mol. The van der Waals surface area contributed by atoms with Crippen LogP contribution in [-0.4, -0.2) is 12.5 Å². The lowest BCUT2D eigenvalue weighted by atomic mass is 10.0. The summed E-state index contributed by atoms with van der Waals surface area (Å²) in [6.07, 6.45) is 3.74. The van der Waals surface area contributed by atoms with Crippen LogP contribution < -0.4 is 10.6 Å². The summed E-state index contributed by atoms with van der Waals surface area (Å²) in [5.41, 5.74) is 3.56. The van der Waals surface area contributed by atoms with Crippen LogP contribution in [0.25, 0.3) is 0 Å². The Hall–Kier alpha value is -1.35. The Bertz CT molecular complexity index is 401. The molecular weight excluding hydrogens is 212 g/mol. The number of anilines is 1. The first-order valence-corrected chi connectivity index (χ1v) is 6.42. The van der Waals surface area contributed by atoms with Crippen molar-refractivity contribution in [1.29, 1.82) is 0 Å². The smallest absolute Gasteiger partial charge is 0.224 e. The predicted molar refractivity (Wildman–Crippen MR) is 70.0 cm³/mol. The van der Waals surface area contributed by atoms with Gasteiger partial charge in [0.1, 0.15) is 0 Å². The lowest BCUT2D eigenvalue weighted by Crippen LogP contribution is -2.14. The van der Waals surface area contributed by atoms with Crippen molar-refractivity contribution in [2.75, 3.05) is 11.9 Å². The number of hydrogen-bond acceptors (Lipinski definition) is 2. The zero-order valence-electron chi connectivity index (χ0n) is 10.4. The molecule has 1 heterocycles. The molecule has 0 aromatic heterocycles. The van der Waals surface area contributed by atoms with Crippen LogP contribution in [0.5, 0.6) is 0 Å². The fraction of sp³-hybridized carbons (Fsp3) is 0.500. The fourth-order valence-electron chi connectivity index (χ4n) is 2.15. The quantitative estimate of drug-likeness (QED) is 0.783. The molecule has 1 aliphatic rings. The Morgan fingerprint density at radius 1 is 1.35 bits per heavy atom. The van der Waals surface area contributed by atoms with Crippen molar-refractivity contribution in [3.63, 3.8) is 0 Å². The fourth-order valence-corrected chi connectivity index (χ4v) is 2.15. The van der Waals surface area contributed by atoms with E-state index in [-0.39, 0.29) is 5.91 Å². The molecule has 0 unspecified atom stereocenters. The van der Waals surface area contributed by atoms with Gasteiger partial charge in [0, 0.05) is 18.7 Å². The number of nitrogens with one attached hydrogen (secondary N) is 2. The van der Waals surface area contributed by atoms with E-state index >= 15 is 0 Å². The van der Waals surface area contributed by atoms with Gasteiger partial charge in [0.25, 0.3) is 0 Å². The summed E-state index contributed by atoms with van der Waals surface area (Å²) in [6, 6.07) is 6.33. The largest absolute Gasteiger partial charge is 0.326 e. The van der Waals surface area contributed by atoms with Gasteiger partial charge in [-0.05, 0) is 43.0 Å². The van der Waals surface area contributed by atoms with E-state index in [1.165, 1.54) is 11.1 Å². The third-order valence-corrected chi connectivity index (χ3v) is 3.05. The summed E-state index contributed by atoms with van der Waals surface area (Å²) in [7, 11) is 0. The lowest BCUT2D eigenvalue weighted by molar-refractivity contribution is -0.116. The minimum atomic E-state index is 0.139. The second kappa shape index (κ2) is 5.82. The first-order valence-electron chi connectivity index (χ1n) is 6.42. The van der Waals surface area contributed by atoms with Gasteiger partial charge in [0.15, 0.2) is 0 Å². The molecule has 1 aromatic carbocycles. The number of carbonyl (C=O) groups excluding carboxylic acids is 1. The zero-order valence-corrected chi connectivity index (χ0v) is 10.4. The van der Waals surface area contributed by atoms with Gasteiger partial charge in [0.2, 0.25) is 5.91 Å². The van der Waals surface area contributed by atoms with Crippen molar-refractivity contribution in [2.45, 2.75) is 39.2 Å². The van der Waals surface area contributed by atoms with Crippen molar-refractivity contribution >= 4 is 11.6 Å². The molecule has 0 atom stereocenters. The summed E-state index contributed by atoms with van der Waals surface area (Å²) in [6.45, 7) is 4.13. The molecule has 2 N–H and O–H groups in total. The van der Waals surface area contributed by atoms with E-state index in [1.54, 1.807) is 0 Å². The number of rotatable bonds is 4. The van der Waals surface area contributed by atoms with Gasteiger partial charge in [-0.3, -0.25) is 4.79 Å². The highest BCUT2D eigenvalue weighted by molar-refractivity contribution is 5.92. The predicted octanol–water partition coefficient (Wildman–Crippen LogP) is 2.46. The molecule has 0 spiro atoms. The van der Waals surface area contributed by atoms with E-state index in [4.69, 9.17) is 0 Å². The van der Waals surface area contributed by atoms with E-state index in [0.29, 0.717) is 6.42 Å². The van der Waals surface area contributed by atoms with E-state index < -0.39 is 0 Å². The van der Waals surface area contributed by atoms with Crippen LogP contribution >= 0.6 is 0 Å². The molecule has 1 aliphatic heterocycles. The molecule has 0 saturated carbocycles. The number of fused-ring (bicyclic) bond motifs is 1. The molecule has 17 heavy (non-hydrogen) atoms. The lowest BCUT2D eigenvalue weighted by Gasteiger charge is -2.09. The number of benzene rings is 1. The average molecular weight is 232 g/mol. The second-order valence-electron chi connectivity index (χ2n) is 4.57. The summed E-state index contributed by atoms with van der Waals surface area (Å²) < 4.78 is 0. The van der Waals surface area contributed by atoms with Crippen LogP contribution in [-0.2, 0) is 17.8 Å². The van der Waals surface area contributed by atoms with E-state index in [9.17, 15) is 4.79 Å². The van der Waals surface area contributed by atoms with Crippen LogP contribution in [0.2, 0.25) is 0 Å². The molecule has 3 nitrogen and oxygen atoms in total. The van der Waals surface area contributed by atoms with Crippen LogP contribution in [0.15, 0.2) is 18.2 Å². The minimum absolute atomic E-state index is 0.139. The molecule has 3 heteroatoms. The van der Waals surface area contributed by atoms with Crippen molar-refractivity contribution in [3.05, 3.63) is 29.3 Å². The molecular formula is C14H20N2O. The van der Waals surface area contributed by atoms with Crippen molar-refractivity contribution < 1.29 is 4.79 Å². The number of amides is 1. The normalized spacial score (nSPS) is 15.0. The van der Waals surface area contributed by atoms with Gasteiger partial charge in [-0.1, -0.05) is 19.1 Å². The maximum atomic E-state index is 11.4. The molecule has 0 fully saturated rings. The van der Waals surface area contributed by atoms with E-state index in [2.05, 4.69) is 29.7 Å². The number of aryl methyl sites for hydroxylation is 1. The Balaban J connectivity index is 2.07. The van der Waals surface area contributed by atoms with Crippen LogP contribution in [0.3, 0.4) is 0 Å². The van der Waals surface area contributed by atoms with Gasteiger partial charge >= 0.3 is 0 Å². The summed E-state index contributed by atoms with van der Waals surface area (Å²) >= 11 is 0. The Kier molecular flexibility index (Phi) is 4.15. The Morgan fingerprint density at radius 3 is 3.06 bits per heavy atom. The molecule has 0 radical (unpaired) electrons. The first-order chi connectivity index (χ1) is 8.29. The van der Waals surface area contributed by atoms with E-state index in [0.717, 1.165) is 38.0 Å². The molecule has 0 bridgehead atoms. The molecule has 0 aliphatic carbocycles. The van der Waals surface area contributed by atoms with Crippen LogP contribution in [0.4, 0.5) is 5.69 Å². The maximum absolute atomic E-state index is 11.4. The van der Waals surface area contributed by atoms with Gasteiger partial charge in [-0.15, -0.1) is 0 Å². The van der Waals surface area contributed by atoms with Gasteiger partial charge in [-0.25, -0.2) is 0 Å². The highest BCUT2D eigenvalue weighted by Gasteiger charge is 2.12. The van der Waals surface area contributed by atoms with Crippen LogP contribution in [0.1, 0.15) is 37.3 Å².